The van der Waals surface area contributed by atoms with Crippen LogP contribution in [0, 0.1) is 0 Å². The van der Waals surface area contributed by atoms with Crippen LogP contribution >= 0.6 is 12.4 Å². The van der Waals surface area contributed by atoms with Gasteiger partial charge in [-0.2, -0.15) is 0 Å². The van der Waals surface area contributed by atoms with Crippen molar-refractivity contribution in [3.63, 3.8) is 0 Å². The fourth-order valence-corrected chi connectivity index (χ4v) is 0.738. The number of hydrogen-bond donors (Lipinski definition) is 1. The maximum Gasteiger partial charge on any atom is 0.360 e. The number of hydrogen-bond acceptors (Lipinski definition) is 5. The van der Waals surface area contributed by atoms with Gasteiger partial charge in [0.2, 0.25) is 0 Å². The van der Waals surface area contributed by atoms with Crippen LogP contribution in [0.2, 0.25) is 0 Å². The van der Waals surface area contributed by atoms with Gasteiger partial charge in [-0.25, -0.2) is 4.79 Å². The molecule has 13 heavy (non-hydrogen) atoms. The molecule has 6 nitrogen and oxygen atoms in total. The van der Waals surface area contributed by atoms with Crippen molar-refractivity contribution in [1.29, 1.82) is 0 Å². The van der Waals surface area contributed by atoms with Crippen LogP contribution in [0.4, 0.5) is 0 Å². The Morgan fingerprint density at radius 1 is 1.77 bits per heavy atom. The zero-order valence-corrected chi connectivity index (χ0v) is 7.95. The highest BCUT2D eigenvalue weighted by atomic mass is 35.5. The van der Waals surface area contributed by atoms with E-state index in [1.54, 1.807) is 0 Å². The topological polar surface area (TPSA) is 83.0 Å². The first-order valence-corrected chi connectivity index (χ1v) is 3.46. The van der Waals surface area contributed by atoms with Crippen molar-refractivity contribution in [2.45, 2.75) is 6.54 Å². The van der Waals surface area contributed by atoms with Crippen LogP contribution in [0.25, 0.3) is 0 Å². The van der Waals surface area contributed by atoms with E-state index in [2.05, 4.69) is 15.0 Å². The second-order valence-electron chi connectivity index (χ2n) is 2.15. The van der Waals surface area contributed by atoms with Crippen molar-refractivity contribution in [2.75, 3.05) is 13.7 Å². The monoisotopic (exact) mass is 206 g/mol. The lowest BCUT2D eigenvalue weighted by molar-refractivity contribution is 0.0594. The van der Waals surface area contributed by atoms with Gasteiger partial charge in [-0.3, -0.25) is 4.68 Å². The Balaban J connectivity index is 0.00000144. The van der Waals surface area contributed by atoms with Gasteiger partial charge in [-0.05, 0) is 0 Å². The Labute approximate surface area is 81.5 Å². The van der Waals surface area contributed by atoms with E-state index in [4.69, 9.17) is 5.73 Å². The second kappa shape index (κ2) is 5.50. The first kappa shape index (κ1) is 11.9. The van der Waals surface area contributed by atoms with Crippen molar-refractivity contribution < 1.29 is 9.53 Å². The summed E-state index contributed by atoms with van der Waals surface area (Å²) >= 11 is 0. The summed E-state index contributed by atoms with van der Waals surface area (Å²) in [5.74, 6) is -0.488. The van der Waals surface area contributed by atoms with Gasteiger partial charge in [0.05, 0.1) is 19.9 Å². The Hall–Kier alpha value is -1.14. The molecule has 0 saturated heterocycles. The molecule has 2 N–H and O–H groups in total. The predicted octanol–water partition coefficient (Wildman–Crippen LogP) is -0.555. The molecule has 1 rings (SSSR count). The number of nitrogens with two attached hydrogens (primary N) is 1. The summed E-state index contributed by atoms with van der Waals surface area (Å²) in [5.41, 5.74) is 5.47. The molecule has 1 aromatic heterocycles. The predicted molar refractivity (Wildman–Crippen MR) is 47.7 cm³/mol. The van der Waals surface area contributed by atoms with Crippen molar-refractivity contribution >= 4 is 18.4 Å². The molecule has 7 heteroatoms. The van der Waals surface area contributed by atoms with Crippen LogP contribution in [0.1, 0.15) is 10.5 Å². The normalized spacial score (nSPS) is 9.08. The Morgan fingerprint density at radius 3 is 3.00 bits per heavy atom. The number of carbonyl (C=O) groups is 1. The molecule has 1 aromatic rings. The Bertz CT molecular complexity index is 275. The molecule has 0 amide bonds. The molecule has 0 aromatic carbocycles. The third kappa shape index (κ3) is 3.00. The van der Waals surface area contributed by atoms with Gasteiger partial charge in [-0.1, -0.05) is 5.21 Å². The number of nitrogens with zero attached hydrogens (tertiary/aromatic N) is 3. The van der Waals surface area contributed by atoms with E-state index in [1.165, 1.54) is 18.0 Å². The minimum absolute atomic E-state index is 0. The number of halogens is 1. The van der Waals surface area contributed by atoms with Gasteiger partial charge in [0.1, 0.15) is 0 Å². The molecular formula is C6H11ClN4O2. The maximum absolute atomic E-state index is 10.9. The molecule has 0 spiro atoms. The second-order valence-corrected chi connectivity index (χ2v) is 2.15. The van der Waals surface area contributed by atoms with Gasteiger partial charge < -0.3 is 10.5 Å². The number of methoxy groups -OCH3 is 1. The average molecular weight is 207 g/mol. The summed E-state index contributed by atoms with van der Waals surface area (Å²) < 4.78 is 5.93. The summed E-state index contributed by atoms with van der Waals surface area (Å²) in [7, 11) is 1.30. The Morgan fingerprint density at radius 2 is 2.46 bits per heavy atom. The van der Waals surface area contributed by atoms with Gasteiger partial charge in [0.15, 0.2) is 5.69 Å². The Kier molecular flexibility index (Phi) is 5.01. The van der Waals surface area contributed by atoms with E-state index in [1.807, 2.05) is 0 Å². The number of aromatic nitrogens is 3. The summed E-state index contributed by atoms with van der Waals surface area (Å²) in [6, 6.07) is 0. The van der Waals surface area contributed by atoms with Crippen molar-refractivity contribution in [1.82, 2.24) is 15.0 Å². The van der Waals surface area contributed by atoms with Crippen molar-refractivity contribution in [2.24, 2.45) is 5.73 Å². The van der Waals surface area contributed by atoms with Crippen LogP contribution in [0.15, 0.2) is 6.20 Å². The lowest BCUT2D eigenvalue weighted by atomic mass is 10.5. The first-order chi connectivity index (χ1) is 5.77. The number of rotatable bonds is 3. The largest absolute Gasteiger partial charge is 0.464 e. The van der Waals surface area contributed by atoms with Gasteiger partial charge in [-0.15, -0.1) is 17.5 Å². The van der Waals surface area contributed by atoms with E-state index in [-0.39, 0.29) is 18.1 Å². The molecule has 0 aliphatic carbocycles. The van der Waals surface area contributed by atoms with Crippen LogP contribution in [0.3, 0.4) is 0 Å². The molecule has 0 fully saturated rings. The van der Waals surface area contributed by atoms with E-state index in [9.17, 15) is 4.79 Å². The van der Waals surface area contributed by atoms with Crippen molar-refractivity contribution in [3.05, 3.63) is 11.9 Å². The lowest BCUT2D eigenvalue weighted by Gasteiger charge is -1.92. The zero-order valence-electron chi connectivity index (χ0n) is 7.14. The number of esters is 1. The van der Waals surface area contributed by atoms with E-state index >= 15 is 0 Å². The van der Waals surface area contributed by atoms with Crippen LogP contribution in [-0.4, -0.2) is 34.6 Å². The minimum atomic E-state index is -0.488. The minimum Gasteiger partial charge on any atom is -0.464 e. The van der Waals surface area contributed by atoms with Crippen LogP contribution in [0.5, 0.6) is 0 Å². The van der Waals surface area contributed by atoms with E-state index < -0.39 is 5.97 Å². The highest BCUT2D eigenvalue weighted by molar-refractivity contribution is 5.86. The number of carbonyl (C=O) groups excluding carboxylic acids is 1. The maximum atomic E-state index is 10.9. The molecule has 0 aliphatic heterocycles. The third-order valence-corrected chi connectivity index (χ3v) is 1.29. The van der Waals surface area contributed by atoms with Crippen LogP contribution in [-0.2, 0) is 11.3 Å². The fraction of sp³-hybridized carbons (Fsp3) is 0.500. The van der Waals surface area contributed by atoms with E-state index in [0.717, 1.165) is 0 Å². The summed E-state index contributed by atoms with van der Waals surface area (Å²) in [6.45, 7) is 1.01. The molecule has 0 aliphatic rings. The summed E-state index contributed by atoms with van der Waals surface area (Å²) in [5, 5.41) is 7.25. The van der Waals surface area contributed by atoms with Gasteiger partial charge in [0, 0.05) is 6.54 Å². The fourth-order valence-electron chi connectivity index (χ4n) is 0.738. The first-order valence-electron chi connectivity index (χ1n) is 3.46. The molecule has 0 radical (unpaired) electrons. The van der Waals surface area contributed by atoms with Crippen LogP contribution < -0.4 is 5.73 Å². The average Bonchev–Trinajstić information content (AvgIpc) is 2.52. The standard InChI is InChI=1S/C6H10N4O2.ClH/c1-12-6(11)5-4-10(3-2-7)9-8-5;/h4H,2-3,7H2,1H3;1H. The molecule has 74 valence electrons. The van der Waals surface area contributed by atoms with Gasteiger partial charge >= 0.3 is 5.97 Å². The zero-order chi connectivity index (χ0) is 8.97. The quantitative estimate of drug-likeness (QED) is 0.671. The number of ether oxygens (including phenoxy) is 1. The molecule has 0 atom stereocenters. The molecule has 0 bridgehead atoms. The third-order valence-electron chi connectivity index (χ3n) is 1.29. The van der Waals surface area contributed by atoms with Gasteiger partial charge in [0.25, 0.3) is 0 Å². The highest BCUT2D eigenvalue weighted by Gasteiger charge is 2.09. The molecule has 1 heterocycles. The highest BCUT2D eigenvalue weighted by Crippen LogP contribution is 1.94. The SMILES string of the molecule is COC(=O)c1cn(CCN)nn1.Cl. The van der Waals surface area contributed by atoms with Crippen molar-refractivity contribution in [3.8, 4) is 0 Å². The molecule has 0 unspecified atom stereocenters. The summed E-state index contributed by atoms with van der Waals surface area (Å²) in [4.78, 5) is 10.9. The smallest absolute Gasteiger partial charge is 0.360 e. The summed E-state index contributed by atoms with van der Waals surface area (Å²) in [6.07, 6.45) is 1.50. The molecule has 0 saturated carbocycles. The van der Waals surface area contributed by atoms with E-state index in [0.29, 0.717) is 13.1 Å². The lowest BCUT2D eigenvalue weighted by Crippen LogP contribution is -2.10. The molecular weight excluding hydrogens is 196 g/mol.